The minimum Gasteiger partial charge on any atom is -0.495 e. The fraction of sp³-hybridized carbons (Fsp3) is 0.222. The molecular weight excluding hydrogens is 484 g/mol. The minimum atomic E-state index is -1.02. The molecule has 1 aliphatic heterocycles. The number of ether oxygens (including phenoxy) is 3. The molecule has 2 atom stereocenters. The van der Waals surface area contributed by atoms with Gasteiger partial charge in [0.15, 0.2) is 0 Å². The molecule has 3 aromatic carbocycles. The van der Waals surface area contributed by atoms with Crippen molar-refractivity contribution in [3.05, 3.63) is 87.9 Å². The Kier molecular flexibility index (Phi) is 7.62. The Morgan fingerprint density at radius 2 is 1.94 bits per heavy atom. The fourth-order valence-electron chi connectivity index (χ4n) is 3.93. The Bertz CT molecular complexity index is 1320. The summed E-state index contributed by atoms with van der Waals surface area (Å²) in [5.74, 6) is -0.726. The lowest BCUT2D eigenvalue weighted by Crippen LogP contribution is -2.33. The van der Waals surface area contributed by atoms with E-state index >= 15 is 0 Å². The molecule has 1 aliphatic rings. The van der Waals surface area contributed by atoms with E-state index in [9.17, 15) is 14.7 Å². The van der Waals surface area contributed by atoms with Gasteiger partial charge in [-0.25, -0.2) is 0 Å². The van der Waals surface area contributed by atoms with Gasteiger partial charge in [0.1, 0.15) is 17.2 Å². The van der Waals surface area contributed by atoms with Gasteiger partial charge in [-0.2, -0.15) is 5.26 Å². The van der Waals surface area contributed by atoms with Crippen LogP contribution in [0.3, 0.4) is 0 Å². The number of carbonyl (C=O) groups is 2. The summed E-state index contributed by atoms with van der Waals surface area (Å²) in [7, 11) is 1.55. The average molecular weight is 507 g/mol. The van der Waals surface area contributed by atoms with Crippen LogP contribution in [0.4, 0.5) is 0 Å². The number of nitrogens with one attached hydrogen (secondary N) is 1. The van der Waals surface area contributed by atoms with Crippen LogP contribution in [0.5, 0.6) is 17.2 Å². The standard InChI is InChI=1S/C27H23ClN2O6/c1-34-24-13-16(2-8-22(24)28)10-11-30-26(31)18-4-6-19(7-5-18)35-25-14-21(27(32)33)20-12-17(15-29)3-9-23(20)36-25/h2-9,12-13,21,25H,10-11,14H2,1H3,(H,30,31)(H,32,33). The van der Waals surface area contributed by atoms with Gasteiger partial charge in [-0.3, -0.25) is 9.59 Å². The Morgan fingerprint density at radius 1 is 1.17 bits per heavy atom. The number of hydrogen-bond donors (Lipinski definition) is 2. The molecule has 0 saturated heterocycles. The molecule has 0 aromatic heterocycles. The molecule has 36 heavy (non-hydrogen) atoms. The summed E-state index contributed by atoms with van der Waals surface area (Å²) in [6, 6.07) is 18.7. The molecular formula is C27H23ClN2O6. The third kappa shape index (κ3) is 5.70. The molecule has 9 heteroatoms. The van der Waals surface area contributed by atoms with Gasteiger partial charge in [0, 0.05) is 24.1 Å². The highest BCUT2D eigenvalue weighted by Crippen LogP contribution is 2.38. The van der Waals surface area contributed by atoms with E-state index in [2.05, 4.69) is 5.32 Å². The number of methoxy groups -OCH3 is 1. The van der Waals surface area contributed by atoms with Crippen LogP contribution in [-0.4, -0.2) is 36.9 Å². The Labute approximate surface area is 213 Å². The monoisotopic (exact) mass is 506 g/mol. The zero-order valence-electron chi connectivity index (χ0n) is 19.4. The van der Waals surface area contributed by atoms with Gasteiger partial charge in [-0.1, -0.05) is 17.7 Å². The molecule has 0 saturated carbocycles. The molecule has 3 aromatic rings. The van der Waals surface area contributed by atoms with Gasteiger partial charge in [0.2, 0.25) is 6.29 Å². The van der Waals surface area contributed by atoms with E-state index in [-0.39, 0.29) is 12.3 Å². The van der Waals surface area contributed by atoms with Crippen LogP contribution in [0.2, 0.25) is 5.02 Å². The number of carboxylic acid groups (broad SMARTS) is 1. The summed E-state index contributed by atoms with van der Waals surface area (Å²) in [5.41, 5.74) is 2.26. The quantitative estimate of drug-likeness (QED) is 0.460. The predicted molar refractivity (Wildman–Crippen MR) is 132 cm³/mol. The van der Waals surface area contributed by atoms with E-state index in [0.29, 0.717) is 51.9 Å². The number of nitriles is 1. The number of carboxylic acids is 1. The summed E-state index contributed by atoms with van der Waals surface area (Å²) < 4.78 is 16.9. The molecule has 1 amide bonds. The van der Waals surface area contributed by atoms with Crippen LogP contribution in [-0.2, 0) is 11.2 Å². The third-order valence-electron chi connectivity index (χ3n) is 5.80. The number of halogens is 1. The van der Waals surface area contributed by atoms with E-state index in [4.69, 9.17) is 31.1 Å². The predicted octanol–water partition coefficient (Wildman–Crippen LogP) is 4.55. The topological polar surface area (TPSA) is 118 Å². The highest BCUT2D eigenvalue weighted by atomic mass is 35.5. The van der Waals surface area contributed by atoms with Crippen LogP contribution in [0.25, 0.3) is 0 Å². The lowest BCUT2D eigenvalue weighted by molar-refractivity contribution is -0.141. The van der Waals surface area contributed by atoms with E-state index in [1.807, 2.05) is 18.2 Å². The second-order valence-corrected chi connectivity index (χ2v) is 8.56. The second kappa shape index (κ2) is 11.0. The maximum Gasteiger partial charge on any atom is 0.311 e. The summed E-state index contributed by atoms with van der Waals surface area (Å²) in [5, 5.41) is 22.2. The van der Waals surface area contributed by atoms with Crippen molar-refractivity contribution in [2.24, 2.45) is 0 Å². The van der Waals surface area contributed by atoms with Crippen molar-refractivity contribution in [1.82, 2.24) is 5.32 Å². The van der Waals surface area contributed by atoms with E-state index in [1.165, 1.54) is 6.07 Å². The third-order valence-corrected chi connectivity index (χ3v) is 6.11. The molecule has 0 fully saturated rings. The first-order chi connectivity index (χ1) is 17.4. The first kappa shape index (κ1) is 24.9. The van der Waals surface area contributed by atoms with Crippen molar-refractivity contribution in [3.8, 4) is 23.3 Å². The number of benzene rings is 3. The zero-order chi connectivity index (χ0) is 25.7. The Hall–Kier alpha value is -4.22. The molecule has 8 nitrogen and oxygen atoms in total. The molecule has 4 rings (SSSR count). The molecule has 2 N–H and O–H groups in total. The van der Waals surface area contributed by atoms with Crippen molar-refractivity contribution >= 4 is 23.5 Å². The van der Waals surface area contributed by atoms with Crippen LogP contribution in [0.1, 0.15) is 39.4 Å². The Morgan fingerprint density at radius 3 is 2.64 bits per heavy atom. The summed E-state index contributed by atoms with van der Waals surface area (Å²) >= 11 is 6.04. The molecule has 0 radical (unpaired) electrons. The number of hydrogen-bond acceptors (Lipinski definition) is 6. The number of nitrogens with zero attached hydrogens (tertiary/aromatic N) is 1. The highest BCUT2D eigenvalue weighted by molar-refractivity contribution is 6.32. The van der Waals surface area contributed by atoms with Crippen LogP contribution >= 0.6 is 11.6 Å². The van der Waals surface area contributed by atoms with Crippen molar-refractivity contribution in [3.63, 3.8) is 0 Å². The van der Waals surface area contributed by atoms with Crippen LogP contribution < -0.4 is 19.5 Å². The van der Waals surface area contributed by atoms with Gasteiger partial charge in [0.25, 0.3) is 5.91 Å². The lowest BCUT2D eigenvalue weighted by Gasteiger charge is -2.30. The van der Waals surface area contributed by atoms with Crippen molar-refractivity contribution in [2.75, 3.05) is 13.7 Å². The lowest BCUT2D eigenvalue weighted by atomic mass is 9.91. The molecule has 2 unspecified atom stereocenters. The van der Waals surface area contributed by atoms with Crippen molar-refractivity contribution in [2.45, 2.75) is 25.0 Å². The fourth-order valence-corrected chi connectivity index (χ4v) is 4.13. The van der Waals surface area contributed by atoms with Crippen LogP contribution in [0.15, 0.2) is 60.7 Å². The van der Waals surface area contributed by atoms with Crippen LogP contribution in [0, 0.1) is 11.3 Å². The maximum atomic E-state index is 12.5. The number of carbonyl (C=O) groups excluding carboxylic acids is 1. The summed E-state index contributed by atoms with van der Waals surface area (Å²) in [4.78, 5) is 24.3. The molecule has 1 heterocycles. The summed E-state index contributed by atoms with van der Waals surface area (Å²) in [6.45, 7) is 0.432. The van der Waals surface area contributed by atoms with E-state index < -0.39 is 18.2 Å². The van der Waals surface area contributed by atoms with E-state index in [1.54, 1.807) is 49.6 Å². The largest absolute Gasteiger partial charge is 0.495 e. The average Bonchev–Trinajstić information content (AvgIpc) is 2.89. The Balaban J connectivity index is 1.34. The molecule has 0 aliphatic carbocycles. The molecule has 0 spiro atoms. The second-order valence-electron chi connectivity index (χ2n) is 8.16. The first-order valence-electron chi connectivity index (χ1n) is 11.2. The zero-order valence-corrected chi connectivity index (χ0v) is 20.1. The first-order valence-corrected chi connectivity index (χ1v) is 11.6. The van der Waals surface area contributed by atoms with Crippen molar-refractivity contribution in [1.29, 1.82) is 5.26 Å². The smallest absolute Gasteiger partial charge is 0.311 e. The normalized spacial score (nSPS) is 16.1. The van der Waals surface area contributed by atoms with Gasteiger partial charge >= 0.3 is 5.97 Å². The van der Waals surface area contributed by atoms with Gasteiger partial charge in [-0.05, 0) is 66.6 Å². The van der Waals surface area contributed by atoms with Gasteiger partial charge in [0.05, 0.1) is 29.7 Å². The summed E-state index contributed by atoms with van der Waals surface area (Å²) in [6.07, 6.45) is -0.140. The van der Waals surface area contributed by atoms with Gasteiger partial charge < -0.3 is 24.6 Å². The van der Waals surface area contributed by atoms with Gasteiger partial charge in [-0.15, -0.1) is 0 Å². The van der Waals surface area contributed by atoms with E-state index in [0.717, 1.165) is 5.56 Å². The highest BCUT2D eigenvalue weighted by Gasteiger charge is 2.34. The number of amides is 1. The van der Waals surface area contributed by atoms with Crippen molar-refractivity contribution < 1.29 is 28.9 Å². The number of rotatable bonds is 8. The molecule has 0 bridgehead atoms. The maximum absolute atomic E-state index is 12.5. The number of aliphatic carboxylic acids is 1. The number of fused-ring (bicyclic) bond motifs is 1. The molecule has 184 valence electrons. The SMILES string of the molecule is COc1cc(CCNC(=O)c2ccc(OC3CC(C(=O)O)c4cc(C#N)ccc4O3)cc2)ccc1Cl. The minimum absolute atomic E-state index is 0.0783.